The molecule has 10 heteroatoms. The van der Waals surface area contributed by atoms with Crippen molar-refractivity contribution in [3.05, 3.63) is 48.3 Å². The summed E-state index contributed by atoms with van der Waals surface area (Å²) < 4.78 is 16.3. The van der Waals surface area contributed by atoms with Gasteiger partial charge in [0.2, 0.25) is 5.91 Å². The van der Waals surface area contributed by atoms with E-state index in [0.29, 0.717) is 32.7 Å². The topological polar surface area (TPSA) is 103 Å². The lowest BCUT2D eigenvalue weighted by atomic mass is 9.98. The number of carbonyl (C=O) groups is 1. The predicted molar refractivity (Wildman–Crippen MR) is 112 cm³/mol. The van der Waals surface area contributed by atoms with Crippen LogP contribution in [-0.4, -0.2) is 69.8 Å². The number of pyridine rings is 1. The van der Waals surface area contributed by atoms with Crippen LogP contribution in [-0.2, 0) is 11.3 Å². The first-order chi connectivity index (χ1) is 14.5. The number of amides is 1. The molecular formula is C20H27FN8O. The summed E-state index contributed by atoms with van der Waals surface area (Å²) in [5, 5.41) is 12.6. The van der Waals surface area contributed by atoms with Crippen molar-refractivity contribution < 1.29 is 9.18 Å². The van der Waals surface area contributed by atoms with E-state index in [0.717, 1.165) is 24.1 Å². The van der Waals surface area contributed by atoms with E-state index in [2.05, 4.69) is 27.6 Å². The quantitative estimate of drug-likeness (QED) is 0.479. The zero-order valence-corrected chi connectivity index (χ0v) is 17.0. The molecule has 2 aliphatic rings. The maximum Gasteiger partial charge on any atom is 0.227 e. The molecular weight excluding hydrogens is 387 g/mol. The summed E-state index contributed by atoms with van der Waals surface area (Å²) in [4.78, 5) is 18.6. The zero-order valence-electron chi connectivity index (χ0n) is 17.0. The van der Waals surface area contributed by atoms with Crippen molar-refractivity contribution in [1.29, 1.82) is 0 Å². The van der Waals surface area contributed by atoms with E-state index >= 15 is 0 Å². The number of halogens is 1. The number of nitrogens with one attached hydrogen (secondary N) is 2. The van der Waals surface area contributed by atoms with Crippen LogP contribution in [0.1, 0.15) is 12.6 Å². The molecule has 2 aromatic heterocycles. The van der Waals surface area contributed by atoms with Crippen molar-refractivity contribution in [3.8, 4) is 0 Å². The highest BCUT2D eigenvalue weighted by molar-refractivity contribution is 5.97. The highest BCUT2D eigenvalue weighted by Crippen LogP contribution is 2.21. The van der Waals surface area contributed by atoms with E-state index in [1.165, 1.54) is 0 Å². The minimum absolute atomic E-state index is 0.0654. The molecule has 1 amide bonds. The molecule has 0 radical (unpaired) electrons. The number of carbonyl (C=O) groups excluding carboxylic acids is 1. The molecule has 1 atom stereocenters. The van der Waals surface area contributed by atoms with Crippen LogP contribution in [0, 0.1) is 5.92 Å². The Morgan fingerprint density at radius 3 is 3.03 bits per heavy atom. The predicted octanol–water partition coefficient (Wildman–Crippen LogP) is 0.259. The molecule has 4 heterocycles. The van der Waals surface area contributed by atoms with Gasteiger partial charge in [-0.2, -0.15) is 5.10 Å². The van der Waals surface area contributed by atoms with Gasteiger partial charge in [-0.3, -0.25) is 9.80 Å². The third-order valence-corrected chi connectivity index (χ3v) is 5.43. The fraction of sp³-hybridized carbons (Fsp3) is 0.450. The molecule has 0 bridgehead atoms. The number of imidazole rings is 1. The second-order valence-corrected chi connectivity index (χ2v) is 7.70. The number of rotatable bonds is 5. The van der Waals surface area contributed by atoms with Crippen LogP contribution < -0.4 is 16.4 Å². The molecule has 4 N–H and O–H groups in total. The summed E-state index contributed by atoms with van der Waals surface area (Å²) in [7, 11) is 0. The highest BCUT2D eigenvalue weighted by Gasteiger charge is 2.36. The van der Waals surface area contributed by atoms with Crippen LogP contribution in [0.5, 0.6) is 0 Å². The Balaban J connectivity index is 1.34. The Morgan fingerprint density at radius 1 is 1.43 bits per heavy atom. The van der Waals surface area contributed by atoms with Gasteiger partial charge in [0.05, 0.1) is 30.9 Å². The molecule has 2 saturated heterocycles. The number of hydrogen-bond donors (Lipinski definition) is 3. The number of amidine groups is 1. The lowest BCUT2D eigenvalue weighted by molar-refractivity contribution is -0.128. The van der Waals surface area contributed by atoms with Crippen LogP contribution in [0.3, 0.4) is 0 Å². The molecule has 160 valence electrons. The third-order valence-electron chi connectivity index (χ3n) is 5.43. The van der Waals surface area contributed by atoms with Crippen molar-refractivity contribution in [2.45, 2.75) is 19.5 Å². The summed E-state index contributed by atoms with van der Waals surface area (Å²) >= 11 is 0. The molecule has 0 aliphatic carbocycles. The fourth-order valence-corrected chi connectivity index (χ4v) is 3.73. The summed E-state index contributed by atoms with van der Waals surface area (Å²) in [6.07, 6.45) is 4.59. The van der Waals surface area contributed by atoms with Gasteiger partial charge in [0.25, 0.3) is 0 Å². The summed E-state index contributed by atoms with van der Waals surface area (Å²) in [6, 6.07) is 6.03. The molecule has 30 heavy (non-hydrogen) atoms. The van der Waals surface area contributed by atoms with E-state index in [4.69, 9.17) is 5.73 Å². The van der Waals surface area contributed by atoms with Crippen LogP contribution >= 0.6 is 0 Å². The third kappa shape index (κ3) is 4.23. The molecule has 0 aromatic carbocycles. The van der Waals surface area contributed by atoms with Gasteiger partial charge < -0.3 is 25.7 Å². The Kier molecular flexibility index (Phi) is 5.84. The van der Waals surface area contributed by atoms with Gasteiger partial charge in [0.1, 0.15) is 5.65 Å². The highest BCUT2D eigenvalue weighted by atomic mass is 19.1. The number of hydrazone groups is 1. The number of aromatic nitrogens is 2. The summed E-state index contributed by atoms with van der Waals surface area (Å²) in [6.45, 7) is 5.43. The first-order valence-electron chi connectivity index (χ1n) is 10.1. The number of piperazine rings is 1. The number of fused-ring (bicyclic) bond motifs is 1. The van der Waals surface area contributed by atoms with Crippen molar-refractivity contribution in [2.75, 3.05) is 32.7 Å². The number of nitrogens with zero attached hydrogens (tertiary/aromatic N) is 5. The zero-order chi connectivity index (χ0) is 21.1. The van der Waals surface area contributed by atoms with E-state index in [1.807, 2.05) is 33.8 Å². The smallest absolute Gasteiger partial charge is 0.227 e. The number of hydrogen-bond acceptors (Lipinski definition) is 6. The first kappa shape index (κ1) is 20.1. The normalized spacial score (nSPS) is 21.1. The summed E-state index contributed by atoms with van der Waals surface area (Å²) in [5.74, 6) is -0.672. The van der Waals surface area contributed by atoms with Crippen LogP contribution in [0.15, 0.2) is 47.7 Å². The second-order valence-electron chi connectivity index (χ2n) is 7.70. The molecule has 0 spiro atoms. The van der Waals surface area contributed by atoms with Crippen LogP contribution in [0.2, 0.25) is 0 Å². The van der Waals surface area contributed by atoms with Crippen LogP contribution in [0.4, 0.5) is 4.39 Å². The van der Waals surface area contributed by atoms with Gasteiger partial charge in [-0.25, -0.2) is 9.37 Å². The Bertz CT molecular complexity index is 965. The van der Waals surface area contributed by atoms with Crippen molar-refractivity contribution in [1.82, 2.24) is 29.9 Å². The van der Waals surface area contributed by atoms with Gasteiger partial charge in [0.15, 0.2) is 11.7 Å². The minimum Gasteiger partial charge on any atom is -0.402 e. The van der Waals surface area contributed by atoms with Gasteiger partial charge >= 0.3 is 0 Å². The van der Waals surface area contributed by atoms with E-state index < -0.39 is 5.83 Å². The maximum absolute atomic E-state index is 14.3. The molecule has 4 rings (SSSR count). The molecule has 0 unspecified atom stereocenters. The largest absolute Gasteiger partial charge is 0.402 e. The number of likely N-dealkylation sites (tertiary alicyclic amines) is 1. The molecule has 9 nitrogen and oxygen atoms in total. The lowest BCUT2D eigenvalue weighted by Crippen LogP contribution is -2.56. The maximum atomic E-state index is 14.3. The molecule has 2 fully saturated rings. The Labute approximate surface area is 174 Å². The Morgan fingerprint density at radius 2 is 2.27 bits per heavy atom. The summed E-state index contributed by atoms with van der Waals surface area (Å²) in [5.41, 5.74) is 7.14. The molecule has 0 saturated carbocycles. The molecule has 2 aromatic rings. The van der Waals surface area contributed by atoms with E-state index in [9.17, 15) is 9.18 Å². The van der Waals surface area contributed by atoms with Crippen LogP contribution in [0.25, 0.3) is 5.65 Å². The van der Waals surface area contributed by atoms with Crippen molar-refractivity contribution >= 4 is 17.4 Å². The van der Waals surface area contributed by atoms with Crippen molar-refractivity contribution in [2.24, 2.45) is 16.8 Å². The second kappa shape index (κ2) is 8.70. The minimum atomic E-state index is -0.578. The standard InChI is InChI=1S/C20H27FN8O/c1-14-11-28(7-5-23-14)26-19(17(21)8-22)27-12-15(13-27)20(30)25-10-16-9-24-18-4-2-3-6-29(16)18/h2-4,6,8-9,14-15,23H,5,7,10-13,22H2,1H3,(H,25,30)/t14-/m0/s1. The van der Waals surface area contributed by atoms with E-state index in [1.54, 1.807) is 11.1 Å². The SMILES string of the molecule is C[C@H]1CN(N=C(C(F)=CN)N2CC(C(=O)NCc3cnc4ccccn34)C2)CCN1. The van der Waals surface area contributed by atoms with Gasteiger partial charge in [-0.15, -0.1) is 0 Å². The van der Waals surface area contributed by atoms with Crippen molar-refractivity contribution in [3.63, 3.8) is 0 Å². The van der Waals surface area contributed by atoms with Gasteiger partial charge in [-0.1, -0.05) is 6.07 Å². The lowest BCUT2D eigenvalue weighted by Gasteiger charge is -2.41. The number of nitrogens with two attached hydrogens (primary N) is 1. The average molecular weight is 414 g/mol. The van der Waals surface area contributed by atoms with Gasteiger partial charge in [0, 0.05) is 44.6 Å². The van der Waals surface area contributed by atoms with E-state index in [-0.39, 0.29) is 23.7 Å². The molecule has 2 aliphatic heterocycles. The fourth-order valence-electron chi connectivity index (χ4n) is 3.73. The van der Waals surface area contributed by atoms with Gasteiger partial charge in [-0.05, 0) is 19.1 Å². The first-order valence-corrected chi connectivity index (χ1v) is 10.1. The Hall–Kier alpha value is -3.14. The monoisotopic (exact) mass is 414 g/mol. The average Bonchev–Trinajstić information content (AvgIpc) is 3.13.